The molecule has 0 aliphatic carbocycles. The van der Waals surface area contributed by atoms with Gasteiger partial charge < -0.3 is 19.9 Å². The molecule has 0 fully saturated rings. The second-order valence-corrected chi connectivity index (χ2v) is 4.55. The summed E-state index contributed by atoms with van der Waals surface area (Å²) in [5, 5.41) is 12.3. The van der Waals surface area contributed by atoms with Gasteiger partial charge in [-0.3, -0.25) is 0 Å². The third kappa shape index (κ3) is 6.04. The molecule has 2 N–H and O–H groups in total. The smallest absolute Gasteiger partial charge is 0.344 e. The molecule has 1 rings (SSSR count). The molecule has 1 atom stereocenters. The lowest BCUT2D eigenvalue weighted by molar-refractivity contribution is -0.145. The molecule has 5 nitrogen and oxygen atoms in total. The molecule has 0 aliphatic heterocycles. The molecule has 0 aliphatic rings. The third-order valence-electron chi connectivity index (χ3n) is 2.84. The summed E-state index contributed by atoms with van der Waals surface area (Å²) in [7, 11) is 1.67. The lowest BCUT2D eigenvalue weighted by atomic mass is 10.2. The topological polar surface area (TPSA) is 67.8 Å². The van der Waals surface area contributed by atoms with Gasteiger partial charge in [0.1, 0.15) is 5.75 Å². The number of hydrogen-bond acceptors (Lipinski definition) is 4. The maximum absolute atomic E-state index is 11.0. The Morgan fingerprint density at radius 1 is 1.35 bits per heavy atom. The highest BCUT2D eigenvalue weighted by Crippen LogP contribution is 2.16. The van der Waals surface area contributed by atoms with Crippen molar-refractivity contribution in [1.29, 1.82) is 0 Å². The summed E-state index contributed by atoms with van der Waals surface area (Å²) in [6, 6.07) is 7.47. The summed E-state index contributed by atoms with van der Waals surface area (Å²) in [5.41, 5.74) is 1.12. The van der Waals surface area contributed by atoms with Gasteiger partial charge in [-0.2, -0.15) is 0 Å². The Labute approximate surface area is 119 Å². The van der Waals surface area contributed by atoms with Crippen LogP contribution in [0.2, 0.25) is 0 Å². The first kappa shape index (κ1) is 16.5. The summed E-state index contributed by atoms with van der Waals surface area (Å²) in [6.45, 7) is 4.17. The van der Waals surface area contributed by atoms with Gasteiger partial charge >= 0.3 is 5.97 Å². The minimum absolute atomic E-state index is 0.510. The molecule has 0 heterocycles. The predicted octanol–water partition coefficient (Wildman–Crippen LogP) is 2.05. The number of carboxylic acid groups (broad SMARTS) is 1. The summed E-state index contributed by atoms with van der Waals surface area (Å²) in [6.07, 6.45) is 0.513. The molecule has 0 saturated carbocycles. The summed E-state index contributed by atoms with van der Waals surface area (Å²) < 4.78 is 10.4. The zero-order valence-corrected chi connectivity index (χ0v) is 12.1. The molecule has 0 bridgehead atoms. The third-order valence-corrected chi connectivity index (χ3v) is 2.84. The van der Waals surface area contributed by atoms with Gasteiger partial charge in [0, 0.05) is 20.2 Å². The number of nitrogens with one attached hydrogen (secondary N) is 1. The predicted molar refractivity (Wildman–Crippen MR) is 77.0 cm³/mol. The second kappa shape index (κ2) is 9.34. The molecule has 0 aromatic heterocycles. The molecular formula is C15H23NO4. The number of rotatable bonds is 10. The Bertz CT molecular complexity index is 391. The number of benzene rings is 1. The number of aliphatic carboxylic acids is 1. The summed E-state index contributed by atoms with van der Waals surface area (Å²) >= 11 is 0. The van der Waals surface area contributed by atoms with Gasteiger partial charge in [-0.25, -0.2) is 4.79 Å². The molecule has 112 valence electrons. The van der Waals surface area contributed by atoms with E-state index in [9.17, 15) is 4.79 Å². The fourth-order valence-electron chi connectivity index (χ4n) is 1.75. The van der Waals surface area contributed by atoms with Crippen molar-refractivity contribution in [2.45, 2.75) is 32.4 Å². The summed E-state index contributed by atoms with van der Waals surface area (Å²) in [5.74, 6) is -0.330. The number of carbonyl (C=O) groups is 1. The second-order valence-electron chi connectivity index (χ2n) is 4.55. The van der Waals surface area contributed by atoms with E-state index in [1.54, 1.807) is 19.2 Å². The molecule has 0 radical (unpaired) electrons. The van der Waals surface area contributed by atoms with Crippen molar-refractivity contribution in [2.75, 3.05) is 20.3 Å². The van der Waals surface area contributed by atoms with E-state index >= 15 is 0 Å². The highest BCUT2D eigenvalue weighted by Gasteiger charge is 2.17. The standard InChI is InChI=1S/C15H23NO4/c1-3-4-14(15(17)18)20-13-7-5-12(6-8-13)11-16-9-10-19-2/h5-8,14,16H,3-4,9-11H2,1-2H3,(H,17,18). The van der Waals surface area contributed by atoms with E-state index in [1.165, 1.54) is 0 Å². The van der Waals surface area contributed by atoms with Crippen LogP contribution in [-0.2, 0) is 16.1 Å². The van der Waals surface area contributed by atoms with E-state index in [0.29, 0.717) is 18.8 Å². The first-order valence-corrected chi connectivity index (χ1v) is 6.85. The molecule has 0 spiro atoms. The van der Waals surface area contributed by atoms with Crippen LogP contribution in [0.4, 0.5) is 0 Å². The van der Waals surface area contributed by atoms with Crippen molar-refractivity contribution in [1.82, 2.24) is 5.32 Å². The number of hydrogen-bond donors (Lipinski definition) is 2. The van der Waals surface area contributed by atoms with E-state index < -0.39 is 12.1 Å². The highest BCUT2D eigenvalue weighted by molar-refractivity contribution is 5.72. The Balaban J connectivity index is 2.46. The van der Waals surface area contributed by atoms with Crippen LogP contribution in [0.1, 0.15) is 25.3 Å². The SMILES string of the molecule is CCCC(Oc1ccc(CNCCOC)cc1)C(=O)O. The van der Waals surface area contributed by atoms with Crippen molar-refractivity contribution in [2.24, 2.45) is 0 Å². The van der Waals surface area contributed by atoms with Gasteiger partial charge in [0.2, 0.25) is 0 Å². The minimum Gasteiger partial charge on any atom is -0.479 e. The molecule has 1 aromatic carbocycles. The van der Waals surface area contributed by atoms with Gasteiger partial charge in [0.05, 0.1) is 6.61 Å². The van der Waals surface area contributed by atoms with Crippen LogP contribution in [0.3, 0.4) is 0 Å². The average molecular weight is 281 g/mol. The Morgan fingerprint density at radius 3 is 2.60 bits per heavy atom. The molecule has 0 amide bonds. The Morgan fingerprint density at radius 2 is 2.05 bits per heavy atom. The highest BCUT2D eigenvalue weighted by atomic mass is 16.5. The summed E-state index contributed by atoms with van der Waals surface area (Å²) in [4.78, 5) is 11.0. The van der Waals surface area contributed by atoms with Gasteiger partial charge in [-0.05, 0) is 24.1 Å². The largest absolute Gasteiger partial charge is 0.479 e. The monoisotopic (exact) mass is 281 g/mol. The van der Waals surface area contributed by atoms with Crippen LogP contribution in [0.5, 0.6) is 5.75 Å². The normalized spacial score (nSPS) is 12.1. The molecule has 1 unspecified atom stereocenters. The van der Waals surface area contributed by atoms with E-state index in [0.717, 1.165) is 25.1 Å². The fraction of sp³-hybridized carbons (Fsp3) is 0.533. The zero-order chi connectivity index (χ0) is 14.8. The van der Waals surface area contributed by atoms with Crippen LogP contribution in [0, 0.1) is 0 Å². The zero-order valence-electron chi connectivity index (χ0n) is 12.1. The molecular weight excluding hydrogens is 258 g/mol. The van der Waals surface area contributed by atoms with Crippen molar-refractivity contribution in [3.05, 3.63) is 29.8 Å². The van der Waals surface area contributed by atoms with E-state index in [2.05, 4.69) is 5.32 Å². The van der Waals surface area contributed by atoms with Gasteiger partial charge in [0.25, 0.3) is 0 Å². The van der Waals surface area contributed by atoms with E-state index in [4.69, 9.17) is 14.6 Å². The van der Waals surface area contributed by atoms with Crippen LogP contribution in [-0.4, -0.2) is 37.4 Å². The molecule has 5 heteroatoms. The lowest BCUT2D eigenvalue weighted by Crippen LogP contribution is -2.26. The van der Waals surface area contributed by atoms with E-state index in [1.807, 2.05) is 19.1 Å². The minimum atomic E-state index is -0.919. The van der Waals surface area contributed by atoms with Crippen LogP contribution in [0.15, 0.2) is 24.3 Å². The van der Waals surface area contributed by atoms with Crippen molar-refractivity contribution < 1.29 is 19.4 Å². The average Bonchev–Trinajstić information content (AvgIpc) is 2.44. The lowest BCUT2D eigenvalue weighted by Gasteiger charge is -2.14. The first-order valence-electron chi connectivity index (χ1n) is 6.85. The van der Waals surface area contributed by atoms with Gasteiger partial charge in [-0.1, -0.05) is 25.5 Å². The first-order chi connectivity index (χ1) is 9.67. The molecule has 20 heavy (non-hydrogen) atoms. The van der Waals surface area contributed by atoms with Crippen LogP contribution < -0.4 is 10.1 Å². The Hall–Kier alpha value is -1.59. The van der Waals surface area contributed by atoms with Crippen LogP contribution >= 0.6 is 0 Å². The Kier molecular flexibility index (Phi) is 7.69. The van der Waals surface area contributed by atoms with Gasteiger partial charge in [0.15, 0.2) is 6.10 Å². The number of methoxy groups -OCH3 is 1. The van der Waals surface area contributed by atoms with Crippen molar-refractivity contribution in [3.63, 3.8) is 0 Å². The maximum atomic E-state index is 11.0. The maximum Gasteiger partial charge on any atom is 0.344 e. The van der Waals surface area contributed by atoms with Crippen molar-refractivity contribution in [3.8, 4) is 5.75 Å². The van der Waals surface area contributed by atoms with Gasteiger partial charge in [-0.15, -0.1) is 0 Å². The molecule has 0 saturated heterocycles. The van der Waals surface area contributed by atoms with E-state index in [-0.39, 0.29) is 0 Å². The quantitative estimate of drug-likeness (QED) is 0.642. The fourth-order valence-corrected chi connectivity index (χ4v) is 1.75. The number of carboxylic acids is 1. The van der Waals surface area contributed by atoms with Crippen molar-refractivity contribution >= 4 is 5.97 Å². The van der Waals surface area contributed by atoms with Crippen LogP contribution in [0.25, 0.3) is 0 Å². The number of ether oxygens (including phenoxy) is 2. The molecule has 1 aromatic rings.